The Morgan fingerprint density at radius 3 is 2.33 bits per heavy atom. The summed E-state index contributed by atoms with van der Waals surface area (Å²) >= 11 is 0. The molecule has 0 atom stereocenters. The van der Waals surface area contributed by atoms with E-state index in [-0.39, 0.29) is 5.91 Å². The smallest absolute Gasteiger partial charge is 0.251 e. The molecule has 82 valence electrons. The van der Waals surface area contributed by atoms with Crippen molar-refractivity contribution in [3.05, 3.63) is 29.8 Å². The lowest BCUT2D eigenvalue weighted by molar-refractivity contribution is 0.0949. The maximum atomic E-state index is 11.6. The van der Waals surface area contributed by atoms with Crippen LogP contribution in [-0.4, -0.2) is 19.5 Å². The van der Waals surface area contributed by atoms with E-state index in [1.54, 1.807) is 0 Å². The van der Waals surface area contributed by atoms with Gasteiger partial charge in [0.05, 0.1) is 0 Å². The van der Waals surface area contributed by atoms with Crippen LogP contribution in [0.25, 0.3) is 0 Å². The summed E-state index contributed by atoms with van der Waals surface area (Å²) in [5, 5.41) is 5.89. The molecular weight excluding hydrogens is 188 g/mol. The van der Waals surface area contributed by atoms with Gasteiger partial charge in [-0.05, 0) is 30.2 Å². The lowest BCUT2D eigenvalue weighted by Gasteiger charge is -2.08. The molecule has 0 unspecified atom stereocenters. The van der Waals surface area contributed by atoms with Crippen molar-refractivity contribution in [2.45, 2.75) is 13.8 Å². The summed E-state index contributed by atoms with van der Waals surface area (Å²) in [7, 11) is 1.86. The number of hydrogen-bond donors (Lipinski definition) is 2. The van der Waals surface area contributed by atoms with Gasteiger partial charge in [0.25, 0.3) is 5.91 Å². The van der Waals surface area contributed by atoms with Crippen LogP contribution in [0.5, 0.6) is 0 Å². The first-order valence-electron chi connectivity index (χ1n) is 5.19. The van der Waals surface area contributed by atoms with Crippen LogP contribution < -0.4 is 10.6 Å². The number of rotatable bonds is 4. The number of benzene rings is 1. The van der Waals surface area contributed by atoms with Crippen LogP contribution in [0.2, 0.25) is 0 Å². The molecule has 0 heterocycles. The molecule has 1 rings (SSSR count). The molecule has 1 aromatic carbocycles. The Morgan fingerprint density at radius 1 is 1.27 bits per heavy atom. The Labute approximate surface area is 90.9 Å². The van der Waals surface area contributed by atoms with Crippen LogP contribution in [-0.2, 0) is 0 Å². The lowest BCUT2D eigenvalue weighted by atomic mass is 10.1. The van der Waals surface area contributed by atoms with Gasteiger partial charge >= 0.3 is 0 Å². The van der Waals surface area contributed by atoms with Crippen LogP contribution >= 0.6 is 0 Å². The minimum absolute atomic E-state index is 0.00801. The van der Waals surface area contributed by atoms with Crippen molar-refractivity contribution in [1.29, 1.82) is 0 Å². The van der Waals surface area contributed by atoms with Crippen molar-refractivity contribution in [3.63, 3.8) is 0 Å². The van der Waals surface area contributed by atoms with Gasteiger partial charge in [-0.15, -0.1) is 0 Å². The average Bonchev–Trinajstić information content (AvgIpc) is 2.26. The van der Waals surface area contributed by atoms with Crippen molar-refractivity contribution in [1.82, 2.24) is 5.32 Å². The number of anilines is 1. The van der Waals surface area contributed by atoms with E-state index in [2.05, 4.69) is 24.5 Å². The zero-order valence-corrected chi connectivity index (χ0v) is 9.50. The van der Waals surface area contributed by atoms with Gasteiger partial charge in [-0.3, -0.25) is 4.79 Å². The Hall–Kier alpha value is -1.51. The van der Waals surface area contributed by atoms with Crippen molar-refractivity contribution in [3.8, 4) is 0 Å². The Kier molecular flexibility index (Phi) is 4.16. The van der Waals surface area contributed by atoms with Gasteiger partial charge in [-0.1, -0.05) is 13.8 Å². The zero-order chi connectivity index (χ0) is 11.3. The number of carbonyl (C=O) groups excluding carboxylic acids is 1. The van der Waals surface area contributed by atoms with Crippen molar-refractivity contribution in [2.24, 2.45) is 5.92 Å². The molecule has 0 spiro atoms. The molecule has 0 aliphatic heterocycles. The summed E-state index contributed by atoms with van der Waals surface area (Å²) in [6, 6.07) is 7.43. The summed E-state index contributed by atoms with van der Waals surface area (Å²) in [5.41, 5.74) is 1.71. The highest BCUT2D eigenvalue weighted by Gasteiger charge is 2.04. The quantitative estimate of drug-likeness (QED) is 0.792. The molecule has 0 aromatic heterocycles. The minimum atomic E-state index is -0.00801. The van der Waals surface area contributed by atoms with E-state index in [0.29, 0.717) is 18.0 Å². The Bertz CT molecular complexity index is 317. The second kappa shape index (κ2) is 5.39. The van der Waals surface area contributed by atoms with Crippen LogP contribution in [0.4, 0.5) is 5.69 Å². The van der Waals surface area contributed by atoms with E-state index in [4.69, 9.17) is 0 Å². The molecule has 1 amide bonds. The number of carbonyl (C=O) groups is 1. The van der Waals surface area contributed by atoms with Gasteiger partial charge in [0.1, 0.15) is 0 Å². The molecule has 0 radical (unpaired) electrons. The van der Waals surface area contributed by atoms with E-state index in [9.17, 15) is 4.79 Å². The predicted octanol–water partition coefficient (Wildman–Crippen LogP) is 2.11. The van der Waals surface area contributed by atoms with E-state index < -0.39 is 0 Å². The number of hydrogen-bond acceptors (Lipinski definition) is 2. The first kappa shape index (κ1) is 11.6. The van der Waals surface area contributed by atoms with Crippen LogP contribution in [0.15, 0.2) is 24.3 Å². The first-order valence-corrected chi connectivity index (χ1v) is 5.19. The van der Waals surface area contributed by atoms with Crippen LogP contribution in [0.3, 0.4) is 0 Å². The summed E-state index contributed by atoms with van der Waals surface area (Å²) < 4.78 is 0. The standard InChI is InChI=1S/C12H18N2O/c1-9(2)8-14-12(15)10-4-6-11(13-3)7-5-10/h4-7,9,13H,8H2,1-3H3,(H,14,15). The molecule has 2 N–H and O–H groups in total. The topological polar surface area (TPSA) is 41.1 Å². The number of amides is 1. The highest BCUT2D eigenvalue weighted by atomic mass is 16.1. The second-order valence-corrected chi connectivity index (χ2v) is 3.93. The van der Waals surface area contributed by atoms with Crippen molar-refractivity contribution >= 4 is 11.6 Å². The molecule has 15 heavy (non-hydrogen) atoms. The maximum Gasteiger partial charge on any atom is 0.251 e. The van der Waals surface area contributed by atoms with Crippen molar-refractivity contribution in [2.75, 3.05) is 18.9 Å². The van der Waals surface area contributed by atoms with Gasteiger partial charge in [0, 0.05) is 24.8 Å². The summed E-state index contributed by atoms with van der Waals surface area (Å²) in [4.78, 5) is 11.6. The van der Waals surface area contributed by atoms with E-state index in [0.717, 1.165) is 5.69 Å². The van der Waals surface area contributed by atoms with Gasteiger partial charge in [-0.2, -0.15) is 0 Å². The Balaban J connectivity index is 2.58. The first-order chi connectivity index (χ1) is 7.13. The third-order valence-electron chi connectivity index (χ3n) is 2.11. The minimum Gasteiger partial charge on any atom is -0.388 e. The van der Waals surface area contributed by atoms with E-state index in [1.165, 1.54) is 0 Å². The Morgan fingerprint density at radius 2 is 1.87 bits per heavy atom. The summed E-state index contributed by atoms with van der Waals surface area (Å²) in [5.74, 6) is 0.469. The SMILES string of the molecule is CNc1ccc(C(=O)NCC(C)C)cc1. The molecule has 0 aliphatic carbocycles. The average molecular weight is 206 g/mol. The maximum absolute atomic E-state index is 11.6. The molecule has 0 saturated heterocycles. The lowest BCUT2D eigenvalue weighted by Crippen LogP contribution is -2.27. The van der Waals surface area contributed by atoms with Gasteiger partial charge in [0.15, 0.2) is 0 Å². The number of nitrogens with one attached hydrogen (secondary N) is 2. The molecule has 0 saturated carbocycles. The summed E-state index contributed by atoms with van der Waals surface area (Å²) in [6.45, 7) is 4.86. The third-order valence-corrected chi connectivity index (χ3v) is 2.11. The highest BCUT2D eigenvalue weighted by molar-refractivity contribution is 5.94. The molecule has 0 bridgehead atoms. The van der Waals surface area contributed by atoms with Crippen LogP contribution in [0.1, 0.15) is 24.2 Å². The fourth-order valence-electron chi connectivity index (χ4n) is 1.19. The van der Waals surface area contributed by atoms with E-state index in [1.807, 2.05) is 31.3 Å². The van der Waals surface area contributed by atoms with Crippen molar-refractivity contribution < 1.29 is 4.79 Å². The van der Waals surface area contributed by atoms with Gasteiger partial charge in [0.2, 0.25) is 0 Å². The highest BCUT2D eigenvalue weighted by Crippen LogP contribution is 2.08. The fraction of sp³-hybridized carbons (Fsp3) is 0.417. The molecule has 3 heteroatoms. The third kappa shape index (κ3) is 3.62. The van der Waals surface area contributed by atoms with Gasteiger partial charge in [-0.25, -0.2) is 0 Å². The van der Waals surface area contributed by atoms with Crippen LogP contribution in [0, 0.1) is 5.92 Å². The predicted molar refractivity (Wildman–Crippen MR) is 63.2 cm³/mol. The van der Waals surface area contributed by atoms with Gasteiger partial charge < -0.3 is 10.6 Å². The molecule has 0 fully saturated rings. The molecule has 1 aromatic rings. The monoisotopic (exact) mass is 206 g/mol. The second-order valence-electron chi connectivity index (χ2n) is 3.93. The molecule has 0 aliphatic rings. The normalized spacial score (nSPS) is 10.1. The summed E-state index contributed by atoms with van der Waals surface area (Å²) in [6.07, 6.45) is 0. The molecule has 3 nitrogen and oxygen atoms in total. The molecular formula is C12H18N2O. The zero-order valence-electron chi connectivity index (χ0n) is 9.50. The van der Waals surface area contributed by atoms with E-state index >= 15 is 0 Å². The fourth-order valence-corrected chi connectivity index (χ4v) is 1.19. The largest absolute Gasteiger partial charge is 0.388 e.